The molecule has 2 aromatic heterocycles. The third kappa shape index (κ3) is 2.64. The Hall–Kier alpha value is -1.40. The summed E-state index contributed by atoms with van der Waals surface area (Å²) < 4.78 is 0. The van der Waals surface area contributed by atoms with Gasteiger partial charge in [-0.3, -0.25) is 0 Å². The van der Waals surface area contributed by atoms with Gasteiger partial charge in [-0.15, -0.1) is 11.3 Å². The summed E-state index contributed by atoms with van der Waals surface area (Å²) in [6.07, 6.45) is 2.01. The lowest BCUT2D eigenvalue weighted by atomic mass is 10.2. The third-order valence-electron chi connectivity index (χ3n) is 3.38. The molecule has 102 valence electrons. The lowest BCUT2D eigenvalue weighted by Crippen LogP contribution is -2.22. The molecule has 1 fully saturated rings. The minimum Gasteiger partial charge on any atom is -0.391 e. The Morgan fingerprint density at radius 3 is 2.95 bits per heavy atom. The zero-order chi connectivity index (χ0) is 13.4. The van der Waals surface area contributed by atoms with Crippen molar-refractivity contribution in [2.24, 2.45) is 5.92 Å². The van der Waals surface area contributed by atoms with Gasteiger partial charge in [0.05, 0.1) is 11.5 Å². The summed E-state index contributed by atoms with van der Waals surface area (Å²) in [7, 11) is 1.81. The van der Waals surface area contributed by atoms with E-state index in [1.54, 1.807) is 11.3 Å². The number of hydrogen-bond acceptors (Lipinski definition) is 6. The number of nitrogens with one attached hydrogen (secondary N) is 2. The summed E-state index contributed by atoms with van der Waals surface area (Å²) >= 11 is 1.66. The Bertz CT molecular complexity index is 594. The number of aliphatic hydroxyl groups is 1. The van der Waals surface area contributed by atoms with Crippen molar-refractivity contribution in [2.45, 2.75) is 25.9 Å². The van der Waals surface area contributed by atoms with Crippen molar-refractivity contribution in [3.8, 4) is 0 Å². The topological polar surface area (TPSA) is 70.1 Å². The summed E-state index contributed by atoms with van der Waals surface area (Å²) in [5.74, 6) is 1.88. The van der Waals surface area contributed by atoms with Crippen molar-refractivity contribution < 1.29 is 5.11 Å². The highest BCUT2D eigenvalue weighted by Crippen LogP contribution is 2.33. The second kappa shape index (κ2) is 4.94. The van der Waals surface area contributed by atoms with Gasteiger partial charge in [0.2, 0.25) is 5.95 Å². The van der Waals surface area contributed by atoms with Gasteiger partial charge in [-0.25, -0.2) is 4.98 Å². The minimum absolute atomic E-state index is 0.275. The molecule has 0 radical (unpaired) electrons. The standard InChI is InChI=1S/C13H18N4OS/c1-7-5-9-11(15-6-10(18)8-3-4-8)16-13(14-2)17-12(9)19-7/h5,8,10,18H,3-4,6H2,1-2H3,(H2,14,15,16,17). The van der Waals surface area contributed by atoms with Crippen LogP contribution in [-0.2, 0) is 0 Å². The van der Waals surface area contributed by atoms with Crippen LogP contribution in [-0.4, -0.2) is 34.8 Å². The Morgan fingerprint density at radius 2 is 2.26 bits per heavy atom. The van der Waals surface area contributed by atoms with Crippen LogP contribution in [0.4, 0.5) is 11.8 Å². The second-order valence-electron chi connectivity index (χ2n) is 5.01. The molecule has 2 aromatic rings. The lowest BCUT2D eigenvalue weighted by Gasteiger charge is -2.12. The molecule has 0 aromatic carbocycles. The first-order valence-corrected chi connectivity index (χ1v) is 7.37. The highest BCUT2D eigenvalue weighted by atomic mass is 32.1. The van der Waals surface area contributed by atoms with Crippen LogP contribution < -0.4 is 10.6 Å². The van der Waals surface area contributed by atoms with Crippen LogP contribution >= 0.6 is 11.3 Å². The molecule has 1 saturated carbocycles. The quantitative estimate of drug-likeness (QED) is 0.782. The summed E-state index contributed by atoms with van der Waals surface area (Å²) in [5, 5.41) is 17.2. The van der Waals surface area contributed by atoms with Crippen LogP contribution in [0.2, 0.25) is 0 Å². The minimum atomic E-state index is -0.275. The molecule has 0 aliphatic heterocycles. The average Bonchev–Trinajstić information content (AvgIpc) is 3.17. The van der Waals surface area contributed by atoms with Gasteiger partial charge in [0.1, 0.15) is 10.6 Å². The van der Waals surface area contributed by atoms with E-state index in [0.29, 0.717) is 18.4 Å². The van der Waals surface area contributed by atoms with Crippen LogP contribution in [0.5, 0.6) is 0 Å². The van der Waals surface area contributed by atoms with E-state index in [0.717, 1.165) is 28.9 Å². The predicted molar refractivity (Wildman–Crippen MR) is 78.9 cm³/mol. The third-order valence-corrected chi connectivity index (χ3v) is 4.33. The van der Waals surface area contributed by atoms with Crippen LogP contribution in [0.25, 0.3) is 10.2 Å². The molecule has 0 amide bonds. The highest BCUT2D eigenvalue weighted by Gasteiger charge is 2.29. The molecule has 1 atom stereocenters. The van der Waals surface area contributed by atoms with E-state index < -0.39 is 0 Å². The molecule has 0 bridgehead atoms. The maximum absolute atomic E-state index is 9.94. The summed E-state index contributed by atoms with van der Waals surface area (Å²) in [6, 6.07) is 2.09. The maximum atomic E-state index is 9.94. The van der Waals surface area contributed by atoms with E-state index in [1.165, 1.54) is 4.88 Å². The Balaban J connectivity index is 1.86. The highest BCUT2D eigenvalue weighted by molar-refractivity contribution is 7.18. The van der Waals surface area contributed by atoms with Gasteiger partial charge in [0.25, 0.3) is 0 Å². The molecular formula is C13H18N4OS. The predicted octanol–water partition coefficient (Wildman–Crippen LogP) is 2.22. The number of aromatic nitrogens is 2. The zero-order valence-electron chi connectivity index (χ0n) is 11.1. The first kappa shape index (κ1) is 12.6. The fraction of sp³-hybridized carbons (Fsp3) is 0.538. The molecule has 0 spiro atoms. The van der Waals surface area contributed by atoms with Crippen LogP contribution in [0.15, 0.2) is 6.07 Å². The molecule has 5 nitrogen and oxygen atoms in total. The van der Waals surface area contributed by atoms with Gasteiger partial charge in [-0.1, -0.05) is 0 Å². The normalized spacial score (nSPS) is 16.6. The number of anilines is 2. The number of aryl methyl sites for hydroxylation is 1. The van der Waals surface area contributed by atoms with Crippen LogP contribution in [0.3, 0.4) is 0 Å². The average molecular weight is 278 g/mol. The molecule has 1 unspecified atom stereocenters. The van der Waals surface area contributed by atoms with Crippen molar-refractivity contribution in [2.75, 3.05) is 24.2 Å². The molecule has 3 N–H and O–H groups in total. The van der Waals surface area contributed by atoms with E-state index in [4.69, 9.17) is 0 Å². The van der Waals surface area contributed by atoms with Crippen LogP contribution in [0.1, 0.15) is 17.7 Å². The van der Waals surface area contributed by atoms with Crippen molar-refractivity contribution in [3.63, 3.8) is 0 Å². The number of thiophene rings is 1. The summed E-state index contributed by atoms with van der Waals surface area (Å²) in [5.41, 5.74) is 0. The first-order valence-electron chi connectivity index (χ1n) is 6.55. The van der Waals surface area contributed by atoms with Gasteiger partial charge in [0, 0.05) is 18.5 Å². The maximum Gasteiger partial charge on any atom is 0.225 e. The fourth-order valence-corrected chi connectivity index (χ4v) is 3.02. The summed E-state index contributed by atoms with van der Waals surface area (Å²) in [4.78, 5) is 11.1. The van der Waals surface area contributed by atoms with E-state index in [2.05, 4.69) is 33.6 Å². The molecular weight excluding hydrogens is 260 g/mol. The Kier molecular flexibility index (Phi) is 3.28. The number of nitrogens with zero attached hydrogens (tertiary/aromatic N) is 2. The number of rotatable bonds is 5. The van der Waals surface area contributed by atoms with Crippen LogP contribution in [0, 0.1) is 12.8 Å². The van der Waals surface area contributed by atoms with Crippen molar-refractivity contribution in [1.29, 1.82) is 0 Å². The molecule has 1 aliphatic carbocycles. The van der Waals surface area contributed by atoms with Crippen molar-refractivity contribution >= 4 is 33.3 Å². The molecule has 6 heteroatoms. The number of fused-ring (bicyclic) bond motifs is 1. The second-order valence-corrected chi connectivity index (χ2v) is 6.24. The Labute approximate surface area is 116 Å². The fourth-order valence-electron chi connectivity index (χ4n) is 2.14. The number of aliphatic hydroxyl groups excluding tert-OH is 1. The zero-order valence-corrected chi connectivity index (χ0v) is 11.9. The van der Waals surface area contributed by atoms with Crippen molar-refractivity contribution in [3.05, 3.63) is 10.9 Å². The molecule has 1 aliphatic rings. The molecule has 19 heavy (non-hydrogen) atoms. The van der Waals surface area contributed by atoms with Gasteiger partial charge in [-0.05, 0) is 31.7 Å². The lowest BCUT2D eigenvalue weighted by molar-refractivity contribution is 0.164. The van der Waals surface area contributed by atoms with E-state index in [1.807, 2.05) is 7.05 Å². The SMILES string of the molecule is CNc1nc(NCC(O)C2CC2)c2cc(C)sc2n1. The van der Waals surface area contributed by atoms with Gasteiger partial charge in [0.15, 0.2) is 0 Å². The number of hydrogen-bond donors (Lipinski definition) is 3. The molecule has 3 rings (SSSR count). The molecule has 2 heterocycles. The first-order chi connectivity index (χ1) is 9.17. The smallest absolute Gasteiger partial charge is 0.225 e. The van der Waals surface area contributed by atoms with Gasteiger partial charge in [-0.2, -0.15) is 4.98 Å². The monoisotopic (exact) mass is 278 g/mol. The van der Waals surface area contributed by atoms with E-state index in [-0.39, 0.29) is 6.10 Å². The molecule has 0 saturated heterocycles. The van der Waals surface area contributed by atoms with Crippen molar-refractivity contribution in [1.82, 2.24) is 9.97 Å². The summed E-state index contributed by atoms with van der Waals surface area (Å²) in [6.45, 7) is 2.61. The Morgan fingerprint density at radius 1 is 1.47 bits per heavy atom. The van der Waals surface area contributed by atoms with Gasteiger partial charge >= 0.3 is 0 Å². The largest absolute Gasteiger partial charge is 0.391 e. The van der Waals surface area contributed by atoms with E-state index in [9.17, 15) is 5.11 Å². The van der Waals surface area contributed by atoms with Gasteiger partial charge < -0.3 is 15.7 Å². The van der Waals surface area contributed by atoms with E-state index >= 15 is 0 Å².